The van der Waals surface area contributed by atoms with Crippen LogP contribution in [0.25, 0.3) is 34.8 Å². The summed E-state index contributed by atoms with van der Waals surface area (Å²) in [4.78, 5) is 63.5. The Balaban J connectivity index is 0.583. The molecule has 5 fully saturated rings. The van der Waals surface area contributed by atoms with Gasteiger partial charge >= 0.3 is 0 Å². The lowest BCUT2D eigenvalue weighted by atomic mass is 9.89. The largest absolute Gasteiger partial charge is 0.495 e. The zero-order chi connectivity index (χ0) is 54.6. The van der Waals surface area contributed by atoms with E-state index in [9.17, 15) is 23.6 Å². The summed E-state index contributed by atoms with van der Waals surface area (Å²) >= 11 is 0. The van der Waals surface area contributed by atoms with Crippen molar-refractivity contribution in [3.05, 3.63) is 108 Å². The number of piperidine rings is 4. The summed E-state index contributed by atoms with van der Waals surface area (Å²) in [5.41, 5.74) is 1.68. The number of rotatable bonds is 19. The van der Waals surface area contributed by atoms with Crippen LogP contribution in [0.2, 0.25) is 0 Å². The Bertz CT molecular complexity index is 3300. The molecule has 5 aliphatic rings. The fourth-order valence-corrected chi connectivity index (χ4v) is 12.7. The quantitative estimate of drug-likeness (QED) is 0.0403. The van der Waals surface area contributed by atoms with Crippen LogP contribution >= 0.6 is 0 Å². The molecule has 1 saturated carbocycles. The number of hydrogen-bond donors (Lipinski definition) is 3. The first-order valence-electron chi connectivity index (χ1n) is 28.5. The van der Waals surface area contributed by atoms with Gasteiger partial charge in [-0.1, -0.05) is 31.7 Å². The van der Waals surface area contributed by atoms with E-state index in [0.717, 1.165) is 88.9 Å². The number of anilines is 3. The van der Waals surface area contributed by atoms with Gasteiger partial charge < -0.3 is 44.1 Å². The molecule has 1 atom stereocenters. The third kappa shape index (κ3) is 11.9. The molecule has 0 unspecified atom stereocenters. The second kappa shape index (κ2) is 23.6. The number of amides is 4. The molecule has 16 heteroatoms. The summed E-state index contributed by atoms with van der Waals surface area (Å²) in [6.07, 6.45) is 15.3. The van der Waals surface area contributed by atoms with Gasteiger partial charge in [0, 0.05) is 70.0 Å². The maximum Gasteiger partial charge on any atom is 0.249 e. The van der Waals surface area contributed by atoms with Crippen LogP contribution in [0, 0.1) is 23.1 Å². The minimum absolute atomic E-state index is 0.237. The molecule has 11 rings (SSSR count). The molecule has 6 heterocycles. The number of hydrogen-bond acceptors (Lipinski definition) is 11. The smallest absolute Gasteiger partial charge is 0.249 e. The zero-order valence-corrected chi connectivity index (χ0v) is 45.4. The summed E-state index contributed by atoms with van der Waals surface area (Å²) in [5.74, 6) is 2.51. The molecule has 0 bridgehead atoms. The highest BCUT2D eigenvalue weighted by Crippen LogP contribution is 2.48. The van der Waals surface area contributed by atoms with Crippen LogP contribution in [-0.2, 0) is 19.2 Å². The third-order valence-corrected chi connectivity index (χ3v) is 17.6. The van der Waals surface area contributed by atoms with Gasteiger partial charge in [0.2, 0.25) is 23.6 Å². The van der Waals surface area contributed by atoms with Gasteiger partial charge in [-0.05, 0) is 194 Å². The van der Waals surface area contributed by atoms with Crippen molar-refractivity contribution in [1.29, 1.82) is 0 Å². The number of nitrogens with one attached hydrogen (secondary N) is 3. The van der Waals surface area contributed by atoms with Crippen molar-refractivity contribution < 1.29 is 37.8 Å². The summed E-state index contributed by atoms with van der Waals surface area (Å²) in [7, 11) is 1.71. The molecule has 15 nitrogen and oxygen atoms in total. The van der Waals surface area contributed by atoms with Crippen LogP contribution in [0.5, 0.6) is 23.0 Å². The summed E-state index contributed by atoms with van der Waals surface area (Å²) in [6, 6.07) is 24.6. The van der Waals surface area contributed by atoms with Gasteiger partial charge in [-0.25, -0.2) is 4.39 Å². The Kier molecular flexibility index (Phi) is 16.0. The van der Waals surface area contributed by atoms with Gasteiger partial charge in [-0.2, -0.15) is 0 Å². The maximum absolute atomic E-state index is 13.4. The van der Waals surface area contributed by atoms with E-state index >= 15 is 0 Å². The van der Waals surface area contributed by atoms with Crippen LogP contribution < -0.4 is 45.8 Å². The van der Waals surface area contributed by atoms with Gasteiger partial charge in [-0.3, -0.25) is 29.5 Å². The number of carbonyl (C=O) groups excluding carboxylic acids is 4. The fourth-order valence-electron chi connectivity index (χ4n) is 12.7. The average Bonchev–Trinajstić information content (AvgIpc) is 4.46. The number of unbranched alkanes of at least 4 members (excludes halogenated alkanes) is 1. The number of benzene rings is 4. The number of pyridine rings is 1. The minimum atomic E-state index is -1.16. The van der Waals surface area contributed by atoms with Gasteiger partial charge in [0.05, 0.1) is 24.9 Å². The van der Waals surface area contributed by atoms with Crippen molar-refractivity contribution in [2.45, 2.75) is 102 Å². The van der Waals surface area contributed by atoms with Gasteiger partial charge in [0.1, 0.15) is 40.3 Å². The number of likely N-dealkylation sites (tertiary alicyclic amines) is 2. The highest BCUT2D eigenvalue weighted by Gasteiger charge is 2.56. The highest BCUT2D eigenvalue weighted by molar-refractivity contribution is 6.17. The molecule has 3 N–H and O–H groups in total. The molecule has 4 amide bonds. The number of aromatic nitrogens is 2. The van der Waals surface area contributed by atoms with Crippen LogP contribution in [0.3, 0.4) is 0 Å². The highest BCUT2D eigenvalue weighted by atomic mass is 19.1. The normalized spacial score (nSPS) is 19.6. The predicted octanol–water partition coefficient (Wildman–Crippen LogP) is 9.32. The predicted molar refractivity (Wildman–Crippen MR) is 306 cm³/mol. The Morgan fingerprint density at radius 2 is 1.43 bits per heavy atom. The molecule has 2 aromatic heterocycles. The van der Waals surface area contributed by atoms with E-state index in [-0.39, 0.29) is 17.7 Å². The Hall–Kier alpha value is -7.30. The number of fused-ring (bicyclic) bond motifs is 2. The minimum Gasteiger partial charge on any atom is -0.495 e. The second-order valence-electron chi connectivity index (χ2n) is 22.5. The first kappa shape index (κ1) is 53.7. The Morgan fingerprint density at radius 3 is 2.11 bits per heavy atom. The third-order valence-electron chi connectivity index (χ3n) is 17.6. The number of methoxy groups -OCH3 is 1. The van der Waals surface area contributed by atoms with Crippen molar-refractivity contribution in [1.82, 2.24) is 24.7 Å². The van der Waals surface area contributed by atoms with Crippen molar-refractivity contribution in [2.24, 2.45) is 17.3 Å². The van der Waals surface area contributed by atoms with E-state index in [1.165, 1.54) is 95.5 Å². The zero-order valence-electron chi connectivity index (χ0n) is 45.4. The lowest BCUT2D eigenvalue weighted by Gasteiger charge is -2.42. The number of carbonyl (C=O) groups is 4. The summed E-state index contributed by atoms with van der Waals surface area (Å²) in [6.45, 7) is 17.1. The average molecular weight is 1070 g/mol. The van der Waals surface area contributed by atoms with E-state index in [4.69, 9.17) is 19.2 Å². The second-order valence-corrected chi connectivity index (χ2v) is 22.5. The van der Waals surface area contributed by atoms with Crippen LogP contribution in [0.15, 0.2) is 91.1 Å². The molecule has 4 aliphatic heterocycles. The topological polar surface area (TPSA) is 160 Å². The van der Waals surface area contributed by atoms with E-state index < -0.39 is 23.2 Å². The van der Waals surface area contributed by atoms with Crippen molar-refractivity contribution in [3.63, 3.8) is 0 Å². The fraction of sp³-hybridized carbons (Fsp3) is 0.444. The molecule has 79 heavy (non-hydrogen) atoms. The molecule has 4 saturated heterocycles. The van der Waals surface area contributed by atoms with Gasteiger partial charge in [0.25, 0.3) is 0 Å². The van der Waals surface area contributed by atoms with E-state index in [1.54, 1.807) is 37.6 Å². The van der Waals surface area contributed by atoms with Crippen LogP contribution in [-0.4, -0.2) is 109 Å². The summed E-state index contributed by atoms with van der Waals surface area (Å²) in [5, 5.41) is 12.2. The SMILES string of the molecule is C=c1c2cccc(OCCCCC3CCN(C4CCN(CCC5CCN(c6cc7nccc(Oc8ccc(NC(=O)C9(C(=O)Nc%10ccc(F)cc%10)CC9)cc8)c7cc6OC)CC5)CC4)CC3)c2c(=C)n1[C@H]1CCC(=O)NC1=O. The first-order chi connectivity index (χ1) is 38.4. The van der Waals surface area contributed by atoms with Crippen molar-refractivity contribution in [2.75, 3.05) is 75.1 Å². The Morgan fingerprint density at radius 1 is 0.747 bits per heavy atom. The lowest BCUT2D eigenvalue weighted by Crippen LogP contribution is -2.48. The van der Waals surface area contributed by atoms with Gasteiger partial charge in [-0.15, -0.1) is 0 Å². The maximum atomic E-state index is 13.4. The molecule has 0 spiro atoms. The standard InChI is InChI=1S/C63H73FN8O7/c1-41-50-8-6-9-56(59(50)42(2)72(41)53-18-19-58(73)68-60(53)74)78-38-5-4-7-43-22-34-70(35-23-43)48-26-32-69(33-27-48)31-21-44-24-36-71(37-25-44)54-40-52-51(39-57(54)77-3)55(20-30-65-52)79-49-16-14-47(15-17-49)67-62(76)63(28-29-63)61(75)66-46-12-10-45(64)11-13-46/h6,8-17,20,30,39-40,43-44,48,53H,1-2,4-5,7,18-19,21-29,31-38H2,3H3,(H,66,75)(H,67,76)(H,68,73,74)/t53-/m0/s1. The molecular formula is C63H73FN8O7. The molecule has 4 aromatic carbocycles. The monoisotopic (exact) mass is 1070 g/mol. The molecular weight excluding hydrogens is 1000 g/mol. The molecule has 0 radical (unpaired) electrons. The van der Waals surface area contributed by atoms with Crippen LogP contribution in [0.1, 0.15) is 95.9 Å². The van der Waals surface area contributed by atoms with Crippen LogP contribution in [0.4, 0.5) is 21.5 Å². The first-order valence-corrected chi connectivity index (χ1v) is 28.5. The molecule has 414 valence electrons. The van der Waals surface area contributed by atoms with Crippen molar-refractivity contribution >= 4 is 75.5 Å². The number of halogens is 1. The number of ether oxygens (including phenoxy) is 3. The van der Waals surface area contributed by atoms with E-state index in [0.29, 0.717) is 72.5 Å². The lowest BCUT2D eigenvalue weighted by molar-refractivity contribution is -0.136. The van der Waals surface area contributed by atoms with E-state index in [1.807, 2.05) is 34.9 Å². The van der Waals surface area contributed by atoms with Crippen molar-refractivity contribution in [3.8, 4) is 23.0 Å². The summed E-state index contributed by atoms with van der Waals surface area (Å²) < 4.78 is 34.0. The number of imide groups is 1. The molecule has 1 aliphatic carbocycles. The Labute approximate surface area is 461 Å². The molecule has 6 aromatic rings. The van der Waals surface area contributed by atoms with E-state index in [2.05, 4.69) is 49.9 Å². The van der Waals surface area contributed by atoms with Gasteiger partial charge in [0.15, 0.2) is 0 Å². The number of nitrogens with zero attached hydrogens (tertiary/aromatic N) is 5.